The summed E-state index contributed by atoms with van der Waals surface area (Å²) in [6, 6.07) is 9.69. The Morgan fingerprint density at radius 2 is 1.97 bits per heavy atom. The van der Waals surface area contributed by atoms with Crippen molar-refractivity contribution < 1.29 is 13.6 Å². The van der Waals surface area contributed by atoms with Crippen molar-refractivity contribution in [2.24, 2.45) is 5.92 Å². The number of hydrogen-bond donors (Lipinski definition) is 1. The summed E-state index contributed by atoms with van der Waals surface area (Å²) in [5.41, 5.74) is 3.20. The summed E-state index contributed by atoms with van der Waals surface area (Å²) in [5.74, 6) is -0.668. The molecule has 2 atom stereocenters. The molecule has 1 aliphatic heterocycles. The molecule has 39 heavy (non-hydrogen) atoms. The van der Waals surface area contributed by atoms with Gasteiger partial charge in [-0.3, -0.25) is 19.1 Å². The Bertz CT molecular complexity index is 1590. The lowest BCUT2D eigenvalue weighted by Crippen LogP contribution is -2.27. The molecule has 0 unspecified atom stereocenters. The Kier molecular flexibility index (Phi) is 8.08. The number of hydrogen-bond acceptors (Lipinski definition) is 5. The summed E-state index contributed by atoms with van der Waals surface area (Å²) >= 11 is 8.47. The van der Waals surface area contributed by atoms with Gasteiger partial charge in [-0.05, 0) is 42.7 Å². The quantitative estimate of drug-likeness (QED) is 0.199. The van der Waals surface area contributed by atoms with Crippen molar-refractivity contribution in [3.8, 4) is 22.5 Å². The Balaban J connectivity index is 1.62. The second-order valence-electron chi connectivity index (χ2n) is 9.39. The lowest BCUT2D eigenvalue weighted by molar-refractivity contribution is -0.119. The van der Waals surface area contributed by atoms with Gasteiger partial charge in [0.2, 0.25) is 5.91 Å². The minimum atomic E-state index is -2.92. The zero-order valence-corrected chi connectivity index (χ0v) is 23.7. The summed E-state index contributed by atoms with van der Waals surface area (Å²) in [5, 5.41) is 7.10. The van der Waals surface area contributed by atoms with Crippen LogP contribution in [0.3, 0.4) is 0 Å². The maximum absolute atomic E-state index is 13.8. The highest BCUT2D eigenvalue weighted by Gasteiger charge is 2.26. The number of benzene rings is 1. The average Bonchev–Trinajstić information content (AvgIpc) is 3.34. The van der Waals surface area contributed by atoms with Crippen LogP contribution in [0, 0.1) is 5.92 Å². The van der Waals surface area contributed by atoms with E-state index in [4.69, 9.17) is 11.6 Å². The van der Waals surface area contributed by atoms with Gasteiger partial charge in [0, 0.05) is 38.8 Å². The molecule has 0 saturated heterocycles. The number of carbonyl (C=O) groups excluding carboxylic acids is 1. The molecular formula is C27H24ClF2IN6O2. The van der Waals surface area contributed by atoms with E-state index in [1.54, 1.807) is 31.2 Å². The van der Waals surface area contributed by atoms with Crippen molar-refractivity contribution in [2.45, 2.75) is 43.2 Å². The minimum Gasteiger partial charge on any atom is -0.323 e. The van der Waals surface area contributed by atoms with Gasteiger partial charge in [-0.25, -0.2) is 9.67 Å². The molecular weight excluding hydrogens is 641 g/mol. The Morgan fingerprint density at radius 3 is 2.72 bits per heavy atom. The molecule has 4 aromatic rings. The van der Waals surface area contributed by atoms with E-state index in [9.17, 15) is 18.4 Å². The van der Waals surface area contributed by atoms with Crippen LogP contribution in [-0.4, -0.2) is 30.2 Å². The fourth-order valence-corrected chi connectivity index (χ4v) is 5.63. The SMILES string of the molecule is C[C@@H]1CCC[C@H](n2cnc(-c3cc(Cl)ccc3CI)cc2=O)c2cc(ccn2)-c2c(cnn2C(F)F)NC1=O. The van der Waals surface area contributed by atoms with Gasteiger partial charge in [0.05, 0.1) is 41.3 Å². The monoisotopic (exact) mass is 664 g/mol. The molecule has 4 heterocycles. The molecule has 5 rings (SSSR count). The van der Waals surface area contributed by atoms with Crippen LogP contribution in [0.1, 0.15) is 50.0 Å². The molecule has 8 nitrogen and oxygen atoms in total. The van der Waals surface area contributed by atoms with Crippen molar-refractivity contribution >= 4 is 45.8 Å². The third kappa shape index (κ3) is 5.60. The third-order valence-electron chi connectivity index (χ3n) is 6.86. The molecule has 0 aliphatic carbocycles. The number of alkyl halides is 3. The van der Waals surface area contributed by atoms with Gasteiger partial charge in [0.15, 0.2) is 0 Å². The summed E-state index contributed by atoms with van der Waals surface area (Å²) in [6.45, 7) is -1.13. The molecule has 1 aliphatic rings. The zero-order valence-electron chi connectivity index (χ0n) is 20.8. The summed E-state index contributed by atoms with van der Waals surface area (Å²) < 4.78 is 30.5. The number of pyridine rings is 1. The van der Waals surface area contributed by atoms with Gasteiger partial charge in [-0.1, -0.05) is 53.6 Å². The van der Waals surface area contributed by atoms with Crippen molar-refractivity contribution in [3.05, 3.63) is 81.8 Å². The van der Waals surface area contributed by atoms with Gasteiger partial charge in [0.1, 0.15) is 0 Å². The summed E-state index contributed by atoms with van der Waals surface area (Å²) in [7, 11) is 0. The maximum atomic E-state index is 13.8. The second-order valence-corrected chi connectivity index (χ2v) is 10.6. The normalized spacial score (nSPS) is 17.7. The number of aromatic nitrogens is 5. The van der Waals surface area contributed by atoms with E-state index in [2.05, 4.69) is 43.0 Å². The van der Waals surface area contributed by atoms with E-state index in [0.717, 1.165) is 15.6 Å². The number of carbonyl (C=O) groups is 1. The zero-order chi connectivity index (χ0) is 27.7. The maximum Gasteiger partial charge on any atom is 0.333 e. The number of nitrogens with zero attached hydrogens (tertiary/aromatic N) is 5. The van der Waals surface area contributed by atoms with Gasteiger partial charge < -0.3 is 5.32 Å². The number of halogens is 4. The molecule has 12 heteroatoms. The molecule has 3 aromatic heterocycles. The van der Waals surface area contributed by atoms with Crippen LogP contribution in [0.2, 0.25) is 5.02 Å². The first-order valence-corrected chi connectivity index (χ1v) is 14.2. The number of nitrogens with one attached hydrogen (secondary N) is 1. The lowest BCUT2D eigenvalue weighted by atomic mass is 9.97. The third-order valence-corrected chi connectivity index (χ3v) is 7.92. The molecule has 1 amide bonds. The van der Waals surface area contributed by atoms with Crippen LogP contribution in [-0.2, 0) is 9.22 Å². The topological polar surface area (TPSA) is 94.7 Å². The molecule has 0 radical (unpaired) electrons. The average molecular weight is 665 g/mol. The summed E-state index contributed by atoms with van der Waals surface area (Å²) in [4.78, 5) is 35.4. The minimum absolute atomic E-state index is 0.0710. The fourth-order valence-electron chi connectivity index (χ4n) is 4.80. The van der Waals surface area contributed by atoms with E-state index in [1.165, 1.54) is 29.4 Å². The molecule has 1 N–H and O–H groups in total. The molecule has 202 valence electrons. The van der Waals surface area contributed by atoms with Crippen LogP contribution < -0.4 is 10.9 Å². The van der Waals surface area contributed by atoms with Gasteiger partial charge in [-0.15, -0.1) is 0 Å². The lowest BCUT2D eigenvalue weighted by Gasteiger charge is -2.22. The summed E-state index contributed by atoms with van der Waals surface area (Å²) in [6.07, 6.45) is 5.86. The van der Waals surface area contributed by atoms with E-state index < -0.39 is 12.6 Å². The van der Waals surface area contributed by atoms with Gasteiger partial charge >= 0.3 is 6.55 Å². The van der Waals surface area contributed by atoms with Crippen molar-refractivity contribution in [1.82, 2.24) is 24.3 Å². The number of amides is 1. The molecule has 1 aromatic carbocycles. The van der Waals surface area contributed by atoms with Gasteiger partial charge in [-0.2, -0.15) is 13.9 Å². The molecule has 0 fully saturated rings. The molecule has 0 spiro atoms. The van der Waals surface area contributed by atoms with Crippen molar-refractivity contribution in [1.29, 1.82) is 0 Å². The van der Waals surface area contributed by atoms with Crippen LogP contribution >= 0.6 is 34.2 Å². The molecule has 0 saturated carbocycles. The van der Waals surface area contributed by atoms with E-state index >= 15 is 0 Å². The largest absolute Gasteiger partial charge is 0.333 e. The predicted octanol–water partition coefficient (Wildman–Crippen LogP) is 6.50. The standard InChI is InChI=1S/C27H24ClF2IN6O2/c1-15-3-2-4-23(36-14-33-20(11-24(36)38)19-10-18(28)6-5-17(19)12-31)21-9-16(7-8-32-21)25-22(35-26(15)39)13-34-37(25)27(29)30/h5-11,13-15,23,27H,2-4,12H2,1H3,(H,35,39)/t15-,23+/m1/s1. The second kappa shape index (κ2) is 11.5. The molecule has 2 bridgehead atoms. The number of fused-ring (bicyclic) bond motifs is 4. The van der Waals surface area contributed by atoms with Crippen molar-refractivity contribution in [3.63, 3.8) is 0 Å². The Hall–Kier alpha value is -3.19. The fraction of sp³-hybridized carbons (Fsp3) is 0.296. The predicted molar refractivity (Wildman–Crippen MR) is 153 cm³/mol. The number of anilines is 1. The van der Waals surface area contributed by atoms with Crippen molar-refractivity contribution in [2.75, 3.05) is 5.32 Å². The first-order valence-electron chi connectivity index (χ1n) is 12.3. The van der Waals surface area contributed by atoms with Crippen LogP contribution in [0.5, 0.6) is 0 Å². The highest BCUT2D eigenvalue weighted by Crippen LogP contribution is 2.35. The Labute approximate surface area is 241 Å². The van der Waals surface area contributed by atoms with Crippen LogP contribution in [0.15, 0.2) is 59.9 Å². The van der Waals surface area contributed by atoms with Gasteiger partial charge in [0.25, 0.3) is 5.56 Å². The highest BCUT2D eigenvalue weighted by atomic mass is 127. The smallest absolute Gasteiger partial charge is 0.323 e. The number of rotatable bonds is 4. The van der Waals surface area contributed by atoms with Crippen LogP contribution in [0.4, 0.5) is 14.5 Å². The van der Waals surface area contributed by atoms with Crippen LogP contribution in [0.25, 0.3) is 22.5 Å². The van der Waals surface area contributed by atoms with E-state index in [1.807, 2.05) is 6.07 Å². The first-order chi connectivity index (χ1) is 18.8. The first kappa shape index (κ1) is 27.4. The van der Waals surface area contributed by atoms with E-state index in [-0.39, 0.29) is 28.8 Å². The highest BCUT2D eigenvalue weighted by molar-refractivity contribution is 14.1. The Morgan fingerprint density at radius 1 is 1.15 bits per heavy atom. The van der Waals surface area contributed by atoms with E-state index in [0.29, 0.717) is 45.9 Å².